The summed E-state index contributed by atoms with van der Waals surface area (Å²) in [4.78, 5) is 0. The van der Waals surface area contributed by atoms with Gasteiger partial charge in [0.1, 0.15) is 0 Å². The molecule has 0 radical (unpaired) electrons. The highest BCUT2D eigenvalue weighted by atomic mass is 79.9. The van der Waals surface area contributed by atoms with Crippen LogP contribution in [0, 0.1) is 0 Å². The van der Waals surface area contributed by atoms with Gasteiger partial charge in [0.05, 0.1) is 0 Å². The largest absolute Gasteiger partial charge is 0.407 e. The number of hydrogen-bond acceptors (Lipinski definition) is 1. The average molecular weight is 253 g/mol. The smallest absolute Gasteiger partial charge is 0.260 e. The van der Waals surface area contributed by atoms with Gasteiger partial charge in [-0.25, -0.2) is 0 Å². The summed E-state index contributed by atoms with van der Waals surface area (Å²) in [6.07, 6.45) is 5.36. The third-order valence-electron chi connectivity index (χ3n) is 1.92. The molecule has 1 unspecified atom stereocenters. The minimum Gasteiger partial charge on any atom is -0.407 e. The maximum atomic E-state index is 5.67. The van der Waals surface area contributed by atoms with Crippen LogP contribution in [0.3, 0.4) is 0 Å². The molecule has 1 atom stereocenters. The summed E-state index contributed by atoms with van der Waals surface area (Å²) in [5.41, 5.74) is 0. The Morgan fingerprint density at radius 2 is 1.83 bits per heavy atom. The van der Waals surface area contributed by atoms with Gasteiger partial charge in [0.25, 0.3) is 6.94 Å². The summed E-state index contributed by atoms with van der Waals surface area (Å²) < 4.78 is 5.67. The predicted octanol–water partition coefficient (Wildman–Crippen LogP) is 4.07. The summed E-state index contributed by atoms with van der Waals surface area (Å²) in [7, 11) is 0. The fourth-order valence-corrected chi connectivity index (χ4v) is 4.40. The molecule has 0 spiro atoms. The monoisotopic (exact) mass is 252 g/mol. The molecule has 0 aromatic rings. The molecule has 0 aromatic carbocycles. The molecule has 0 aliphatic carbocycles. The van der Waals surface area contributed by atoms with Crippen molar-refractivity contribution in [2.75, 3.05) is 6.61 Å². The Morgan fingerprint density at radius 3 is 2.33 bits per heavy atom. The van der Waals surface area contributed by atoms with Gasteiger partial charge in [0, 0.05) is 6.61 Å². The van der Waals surface area contributed by atoms with Gasteiger partial charge >= 0.3 is 0 Å². The molecule has 0 aromatic heterocycles. The number of unbranched alkanes of at least 4 members (excludes halogenated alkanes) is 3. The van der Waals surface area contributed by atoms with Gasteiger partial charge in [-0.1, -0.05) is 47.9 Å². The van der Waals surface area contributed by atoms with Crippen LogP contribution in [0.2, 0.25) is 12.6 Å². The lowest BCUT2D eigenvalue weighted by Gasteiger charge is -2.19. The minimum atomic E-state index is -1.44. The molecule has 12 heavy (non-hydrogen) atoms. The molecule has 0 heterocycles. The van der Waals surface area contributed by atoms with Crippen molar-refractivity contribution < 1.29 is 4.43 Å². The van der Waals surface area contributed by atoms with Crippen molar-refractivity contribution >= 4 is 22.2 Å². The standard InChI is InChI=1S/C9H21BrOSi/c1-4-6-7-8-9-12(3,10)11-5-2/h4-9H2,1-3H3. The third kappa shape index (κ3) is 7.31. The Morgan fingerprint density at radius 1 is 1.17 bits per heavy atom. The highest BCUT2D eigenvalue weighted by molar-refractivity contribution is 9.25. The molecule has 1 nitrogen and oxygen atoms in total. The molecule has 0 N–H and O–H groups in total. The Kier molecular flexibility index (Phi) is 7.49. The second kappa shape index (κ2) is 7.10. The molecule has 0 rings (SSSR count). The average Bonchev–Trinajstić information content (AvgIpc) is 1.98. The normalized spacial score (nSPS) is 16.0. The van der Waals surface area contributed by atoms with Crippen LogP contribution < -0.4 is 0 Å². The second-order valence-electron chi connectivity index (χ2n) is 3.35. The molecule has 3 heteroatoms. The summed E-state index contributed by atoms with van der Waals surface area (Å²) in [6.45, 7) is 5.96. The van der Waals surface area contributed by atoms with Crippen molar-refractivity contribution in [3.05, 3.63) is 0 Å². The van der Waals surface area contributed by atoms with Crippen LogP contribution in [-0.2, 0) is 4.43 Å². The maximum absolute atomic E-state index is 5.67. The fraction of sp³-hybridized carbons (Fsp3) is 1.00. The number of rotatable bonds is 7. The highest BCUT2D eigenvalue weighted by Crippen LogP contribution is 2.22. The van der Waals surface area contributed by atoms with E-state index in [0.717, 1.165) is 6.61 Å². The Labute approximate surface area is 85.6 Å². The topological polar surface area (TPSA) is 9.23 Å². The van der Waals surface area contributed by atoms with E-state index in [0.29, 0.717) is 0 Å². The SMILES string of the molecule is CCCCCC[Si](C)(Br)OCC. The third-order valence-corrected chi connectivity index (χ3v) is 5.94. The Bertz CT molecular complexity index is 107. The van der Waals surface area contributed by atoms with Crippen molar-refractivity contribution in [3.63, 3.8) is 0 Å². The summed E-state index contributed by atoms with van der Waals surface area (Å²) in [6, 6.07) is 1.25. The first kappa shape index (κ1) is 12.7. The van der Waals surface area contributed by atoms with E-state index >= 15 is 0 Å². The molecule has 0 saturated carbocycles. The van der Waals surface area contributed by atoms with E-state index in [1.54, 1.807) is 0 Å². The van der Waals surface area contributed by atoms with Crippen molar-refractivity contribution in [2.45, 2.75) is 52.1 Å². The predicted molar refractivity (Wildman–Crippen MR) is 61.1 cm³/mol. The molecule has 0 aliphatic rings. The van der Waals surface area contributed by atoms with Crippen LogP contribution in [0.1, 0.15) is 39.5 Å². The summed E-state index contributed by atoms with van der Waals surface area (Å²) in [5, 5.41) is 0. The lowest BCUT2D eigenvalue weighted by Crippen LogP contribution is -2.26. The fourth-order valence-electron chi connectivity index (χ4n) is 1.24. The molecule has 0 saturated heterocycles. The zero-order valence-corrected chi connectivity index (χ0v) is 11.1. The Balaban J connectivity index is 3.33. The van der Waals surface area contributed by atoms with E-state index in [-0.39, 0.29) is 0 Å². The van der Waals surface area contributed by atoms with Gasteiger partial charge in [-0.2, -0.15) is 0 Å². The van der Waals surface area contributed by atoms with Crippen LogP contribution in [0.5, 0.6) is 0 Å². The quantitative estimate of drug-likeness (QED) is 0.377. The van der Waals surface area contributed by atoms with E-state index < -0.39 is 6.94 Å². The van der Waals surface area contributed by atoms with Gasteiger partial charge in [-0.05, 0) is 19.5 Å². The van der Waals surface area contributed by atoms with Crippen molar-refractivity contribution in [1.29, 1.82) is 0 Å². The zero-order valence-electron chi connectivity index (χ0n) is 8.53. The number of halogens is 1. The molecular weight excluding hydrogens is 232 g/mol. The molecule has 0 aliphatic heterocycles. The van der Waals surface area contributed by atoms with Crippen LogP contribution in [0.4, 0.5) is 0 Å². The van der Waals surface area contributed by atoms with E-state index in [4.69, 9.17) is 4.43 Å². The van der Waals surface area contributed by atoms with Gasteiger partial charge in [-0.15, -0.1) is 0 Å². The van der Waals surface area contributed by atoms with Gasteiger partial charge in [-0.3, -0.25) is 0 Å². The maximum Gasteiger partial charge on any atom is 0.260 e. The minimum absolute atomic E-state index is 0.849. The van der Waals surface area contributed by atoms with E-state index in [2.05, 4.69) is 35.7 Å². The lowest BCUT2D eigenvalue weighted by atomic mass is 10.2. The van der Waals surface area contributed by atoms with Crippen molar-refractivity contribution in [3.8, 4) is 0 Å². The Hall–Kier alpha value is 0.657. The van der Waals surface area contributed by atoms with Crippen molar-refractivity contribution in [2.24, 2.45) is 0 Å². The van der Waals surface area contributed by atoms with E-state index in [9.17, 15) is 0 Å². The summed E-state index contributed by atoms with van der Waals surface area (Å²) in [5.74, 6) is 0. The van der Waals surface area contributed by atoms with Crippen LogP contribution in [0.25, 0.3) is 0 Å². The molecule has 0 bridgehead atoms. The van der Waals surface area contributed by atoms with Crippen molar-refractivity contribution in [1.82, 2.24) is 0 Å². The van der Waals surface area contributed by atoms with Gasteiger partial charge in [0.15, 0.2) is 0 Å². The lowest BCUT2D eigenvalue weighted by molar-refractivity contribution is 0.340. The molecule has 74 valence electrons. The van der Waals surface area contributed by atoms with Crippen LogP contribution >= 0.6 is 15.3 Å². The van der Waals surface area contributed by atoms with Gasteiger partial charge in [0.2, 0.25) is 0 Å². The van der Waals surface area contributed by atoms with E-state index in [1.807, 2.05) is 0 Å². The molecule has 0 amide bonds. The van der Waals surface area contributed by atoms with E-state index in [1.165, 1.54) is 31.7 Å². The van der Waals surface area contributed by atoms with Crippen LogP contribution in [0.15, 0.2) is 0 Å². The number of hydrogen-bond donors (Lipinski definition) is 0. The summed E-state index contributed by atoms with van der Waals surface area (Å²) >= 11 is 3.71. The first-order chi connectivity index (χ1) is 5.62. The first-order valence-electron chi connectivity index (χ1n) is 4.95. The second-order valence-corrected chi connectivity index (χ2v) is 11.4. The zero-order chi connectivity index (χ0) is 9.45. The molecule has 0 fully saturated rings. The van der Waals surface area contributed by atoms with Gasteiger partial charge < -0.3 is 4.43 Å². The highest BCUT2D eigenvalue weighted by Gasteiger charge is 2.23. The van der Waals surface area contributed by atoms with Crippen LogP contribution in [-0.4, -0.2) is 13.5 Å². The first-order valence-corrected chi connectivity index (χ1v) is 9.82. The molecular formula is C9H21BrOSi.